The Morgan fingerprint density at radius 2 is 2.14 bits per heavy atom. The summed E-state index contributed by atoms with van der Waals surface area (Å²) in [5.74, 6) is -0.0987. The first kappa shape index (κ1) is 15.1. The van der Waals surface area contributed by atoms with Crippen molar-refractivity contribution < 1.29 is 4.79 Å². The van der Waals surface area contributed by atoms with Gasteiger partial charge < -0.3 is 10.6 Å². The van der Waals surface area contributed by atoms with Crippen LogP contribution < -0.4 is 10.6 Å². The van der Waals surface area contributed by atoms with Crippen LogP contribution in [0.4, 0.5) is 11.4 Å². The number of carbonyl (C=O) groups excluding carboxylic acids is 1. The number of nitrogens with zero attached hydrogens (tertiary/aromatic N) is 4. The van der Waals surface area contributed by atoms with Crippen LogP contribution in [0.5, 0.6) is 0 Å². The SMILES string of the molecule is CCn1cc(N[C@H](C)C(=O)Nc2c(C)nn(C)c2C)cn1. The summed E-state index contributed by atoms with van der Waals surface area (Å²) in [6, 6.07) is -0.362. The summed E-state index contributed by atoms with van der Waals surface area (Å²) in [7, 11) is 1.86. The quantitative estimate of drug-likeness (QED) is 0.878. The summed E-state index contributed by atoms with van der Waals surface area (Å²) in [6.07, 6.45) is 3.60. The Kier molecular flexibility index (Phi) is 4.30. The van der Waals surface area contributed by atoms with Gasteiger partial charge in [0, 0.05) is 19.8 Å². The van der Waals surface area contributed by atoms with E-state index in [0.717, 1.165) is 29.3 Å². The van der Waals surface area contributed by atoms with Crippen LogP contribution in [0, 0.1) is 13.8 Å². The highest BCUT2D eigenvalue weighted by molar-refractivity contribution is 5.97. The fourth-order valence-electron chi connectivity index (χ4n) is 2.11. The highest BCUT2D eigenvalue weighted by Gasteiger charge is 2.17. The van der Waals surface area contributed by atoms with Crippen LogP contribution in [0.3, 0.4) is 0 Å². The smallest absolute Gasteiger partial charge is 0.246 e. The van der Waals surface area contributed by atoms with Gasteiger partial charge in [-0.2, -0.15) is 10.2 Å². The van der Waals surface area contributed by atoms with Gasteiger partial charge in [0.05, 0.1) is 29.0 Å². The van der Waals surface area contributed by atoms with Crippen molar-refractivity contribution in [1.82, 2.24) is 19.6 Å². The van der Waals surface area contributed by atoms with Gasteiger partial charge in [-0.05, 0) is 27.7 Å². The van der Waals surface area contributed by atoms with E-state index in [2.05, 4.69) is 20.8 Å². The number of aryl methyl sites for hydroxylation is 3. The molecule has 21 heavy (non-hydrogen) atoms. The zero-order chi connectivity index (χ0) is 15.6. The monoisotopic (exact) mass is 290 g/mol. The minimum absolute atomic E-state index is 0.0987. The lowest BCUT2D eigenvalue weighted by Crippen LogP contribution is -2.32. The van der Waals surface area contributed by atoms with Crippen molar-refractivity contribution in [2.75, 3.05) is 10.6 Å². The molecule has 0 bridgehead atoms. The molecule has 2 aromatic heterocycles. The van der Waals surface area contributed by atoms with Gasteiger partial charge >= 0.3 is 0 Å². The molecule has 0 fully saturated rings. The van der Waals surface area contributed by atoms with Crippen LogP contribution >= 0.6 is 0 Å². The lowest BCUT2D eigenvalue weighted by Gasteiger charge is -2.14. The summed E-state index contributed by atoms with van der Waals surface area (Å²) in [4.78, 5) is 12.3. The predicted molar refractivity (Wildman–Crippen MR) is 82.3 cm³/mol. The molecule has 114 valence electrons. The van der Waals surface area contributed by atoms with Gasteiger partial charge in [0.2, 0.25) is 5.91 Å². The van der Waals surface area contributed by atoms with Crippen LogP contribution in [0.25, 0.3) is 0 Å². The second kappa shape index (κ2) is 5.99. The molecule has 1 atom stereocenters. The molecule has 0 radical (unpaired) electrons. The van der Waals surface area contributed by atoms with Crippen LogP contribution in [0.1, 0.15) is 25.2 Å². The molecule has 0 saturated heterocycles. The third-order valence-corrected chi connectivity index (χ3v) is 3.49. The largest absolute Gasteiger partial charge is 0.371 e. The molecular formula is C14H22N6O. The third kappa shape index (κ3) is 3.24. The first-order valence-electron chi connectivity index (χ1n) is 7.02. The van der Waals surface area contributed by atoms with Gasteiger partial charge in [-0.1, -0.05) is 0 Å². The Balaban J connectivity index is 2.02. The molecule has 7 heteroatoms. The molecule has 1 amide bonds. The normalized spacial score (nSPS) is 12.2. The molecule has 2 rings (SSSR count). The standard InChI is InChI=1S/C14H22N6O/c1-6-20-8-12(7-15-20)16-10(3)14(21)17-13-9(2)18-19(5)11(13)4/h7-8,10,16H,6H2,1-5H3,(H,17,21)/t10-/m1/s1. The number of amides is 1. The fourth-order valence-corrected chi connectivity index (χ4v) is 2.11. The molecule has 2 N–H and O–H groups in total. The molecule has 2 aromatic rings. The topological polar surface area (TPSA) is 76.8 Å². The van der Waals surface area contributed by atoms with Crippen molar-refractivity contribution in [2.24, 2.45) is 7.05 Å². The zero-order valence-corrected chi connectivity index (χ0v) is 13.1. The number of anilines is 2. The van der Waals surface area contributed by atoms with Crippen LogP contribution in [-0.2, 0) is 18.4 Å². The molecule has 0 aliphatic carbocycles. The maximum Gasteiger partial charge on any atom is 0.246 e. The van der Waals surface area contributed by atoms with Gasteiger partial charge in [0.15, 0.2) is 0 Å². The van der Waals surface area contributed by atoms with Gasteiger partial charge in [-0.3, -0.25) is 14.2 Å². The lowest BCUT2D eigenvalue weighted by molar-refractivity contribution is -0.116. The average Bonchev–Trinajstić information content (AvgIpc) is 2.99. The molecule has 0 aromatic carbocycles. The predicted octanol–water partition coefficient (Wildman–Crippen LogP) is 1.69. The molecular weight excluding hydrogens is 268 g/mol. The summed E-state index contributed by atoms with van der Waals surface area (Å²) in [5.41, 5.74) is 3.36. The van der Waals surface area contributed by atoms with E-state index >= 15 is 0 Å². The first-order chi connectivity index (χ1) is 9.92. The maximum absolute atomic E-state index is 12.3. The highest BCUT2D eigenvalue weighted by atomic mass is 16.2. The summed E-state index contributed by atoms with van der Waals surface area (Å²) < 4.78 is 3.57. The van der Waals surface area contributed by atoms with E-state index in [4.69, 9.17) is 0 Å². The maximum atomic E-state index is 12.3. The highest BCUT2D eigenvalue weighted by Crippen LogP contribution is 2.18. The molecule has 0 unspecified atom stereocenters. The Hall–Kier alpha value is -2.31. The van der Waals surface area contributed by atoms with Crippen molar-refractivity contribution in [1.29, 1.82) is 0 Å². The number of carbonyl (C=O) groups is 1. The molecule has 0 aliphatic heterocycles. The van der Waals surface area contributed by atoms with E-state index in [1.165, 1.54) is 0 Å². The van der Waals surface area contributed by atoms with Gasteiger partial charge in [-0.15, -0.1) is 0 Å². The number of nitrogens with one attached hydrogen (secondary N) is 2. The molecule has 0 aliphatic rings. The van der Waals surface area contributed by atoms with E-state index < -0.39 is 0 Å². The van der Waals surface area contributed by atoms with Crippen molar-refractivity contribution in [3.05, 3.63) is 23.8 Å². The summed E-state index contributed by atoms with van der Waals surface area (Å²) >= 11 is 0. The molecule has 0 saturated carbocycles. The lowest BCUT2D eigenvalue weighted by atomic mass is 10.2. The minimum atomic E-state index is -0.362. The first-order valence-corrected chi connectivity index (χ1v) is 7.02. The van der Waals surface area contributed by atoms with Crippen molar-refractivity contribution in [2.45, 2.75) is 40.3 Å². The van der Waals surface area contributed by atoms with E-state index in [1.807, 2.05) is 45.6 Å². The second-order valence-corrected chi connectivity index (χ2v) is 5.11. The van der Waals surface area contributed by atoms with E-state index in [-0.39, 0.29) is 11.9 Å². The number of aromatic nitrogens is 4. The van der Waals surface area contributed by atoms with Gasteiger partial charge in [0.25, 0.3) is 0 Å². The van der Waals surface area contributed by atoms with Gasteiger partial charge in [-0.25, -0.2) is 0 Å². The average molecular weight is 290 g/mol. The van der Waals surface area contributed by atoms with Crippen molar-refractivity contribution in [3.63, 3.8) is 0 Å². The Morgan fingerprint density at radius 1 is 1.43 bits per heavy atom. The number of hydrogen-bond donors (Lipinski definition) is 2. The Morgan fingerprint density at radius 3 is 2.67 bits per heavy atom. The molecule has 0 spiro atoms. The Bertz CT molecular complexity index is 642. The Labute approximate surface area is 124 Å². The molecule has 2 heterocycles. The van der Waals surface area contributed by atoms with Crippen molar-refractivity contribution in [3.8, 4) is 0 Å². The van der Waals surface area contributed by atoms with Crippen LogP contribution in [0.15, 0.2) is 12.4 Å². The zero-order valence-electron chi connectivity index (χ0n) is 13.1. The van der Waals surface area contributed by atoms with E-state index in [1.54, 1.807) is 10.9 Å². The van der Waals surface area contributed by atoms with Crippen LogP contribution in [0.2, 0.25) is 0 Å². The van der Waals surface area contributed by atoms with Crippen molar-refractivity contribution >= 4 is 17.3 Å². The number of rotatable bonds is 5. The third-order valence-electron chi connectivity index (χ3n) is 3.49. The van der Waals surface area contributed by atoms with Gasteiger partial charge in [0.1, 0.15) is 6.04 Å². The van der Waals surface area contributed by atoms with E-state index in [9.17, 15) is 4.79 Å². The number of hydrogen-bond acceptors (Lipinski definition) is 4. The molecule has 7 nitrogen and oxygen atoms in total. The van der Waals surface area contributed by atoms with Crippen LogP contribution in [-0.4, -0.2) is 31.5 Å². The summed E-state index contributed by atoms with van der Waals surface area (Å²) in [6.45, 7) is 8.45. The fraction of sp³-hybridized carbons (Fsp3) is 0.500. The van der Waals surface area contributed by atoms with E-state index in [0.29, 0.717) is 0 Å². The minimum Gasteiger partial charge on any atom is -0.371 e. The second-order valence-electron chi connectivity index (χ2n) is 5.11. The summed E-state index contributed by atoms with van der Waals surface area (Å²) in [5, 5.41) is 14.5.